The van der Waals surface area contributed by atoms with Crippen LogP contribution in [0.2, 0.25) is 0 Å². The van der Waals surface area contributed by atoms with Crippen molar-refractivity contribution in [1.82, 2.24) is 4.31 Å². The summed E-state index contributed by atoms with van der Waals surface area (Å²) in [5, 5.41) is 0. The van der Waals surface area contributed by atoms with Gasteiger partial charge in [0.2, 0.25) is 10.0 Å². The number of phosphoric acid groups is 1. The number of benzene rings is 2. The minimum atomic E-state index is -4.77. The van der Waals surface area contributed by atoms with Crippen LogP contribution >= 0.6 is 7.82 Å². The number of hydrogen-bond donors (Lipinski definition) is 3. The van der Waals surface area contributed by atoms with Crippen molar-refractivity contribution in [2.45, 2.75) is 49.9 Å². The average molecular weight is 586 g/mol. The Bertz CT molecular complexity index is 1220. The molecule has 0 aliphatic carbocycles. The van der Waals surface area contributed by atoms with Crippen LogP contribution in [0, 0.1) is 5.92 Å². The van der Waals surface area contributed by atoms with Gasteiger partial charge >= 0.3 is 13.9 Å². The van der Waals surface area contributed by atoms with Crippen LogP contribution in [0.15, 0.2) is 59.5 Å². The summed E-state index contributed by atoms with van der Waals surface area (Å²) in [4.78, 5) is 22.5. The van der Waals surface area contributed by atoms with E-state index in [2.05, 4.69) is 0 Å². The summed E-state index contributed by atoms with van der Waals surface area (Å²) >= 11 is 0. The monoisotopic (exact) mass is 585 g/mol. The van der Waals surface area contributed by atoms with Crippen LogP contribution in [0.3, 0.4) is 0 Å². The number of carbonyl (C=O) groups is 1. The molecular formula is C25H36N3O9PS. The van der Waals surface area contributed by atoms with Crippen molar-refractivity contribution >= 4 is 29.6 Å². The van der Waals surface area contributed by atoms with Crippen molar-refractivity contribution < 1.29 is 41.2 Å². The zero-order valence-corrected chi connectivity index (χ0v) is 23.6. The lowest BCUT2D eigenvalue weighted by atomic mass is 10.0. The van der Waals surface area contributed by atoms with E-state index in [4.69, 9.17) is 30.0 Å². The van der Waals surface area contributed by atoms with Crippen molar-refractivity contribution in [2.24, 2.45) is 11.7 Å². The molecule has 0 bridgehead atoms. The van der Waals surface area contributed by atoms with Crippen LogP contribution < -0.4 is 11.5 Å². The minimum Gasteiger partial charge on any atom is -0.443 e. The normalized spacial score (nSPS) is 19.1. The van der Waals surface area contributed by atoms with E-state index < -0.39 is 48.8 Å². The highest BCUT2D eigenvalue weighted by Crippen LogP contribution is 2.48. The number of rotatable bonds is 14. The fourth-order valence-electron chi connectivity index (χ4n) is 4.11. The quantitative estimate of drug-likeness (QED) is 0.220. The SMILES string of the molecule is CC(C)CN(C[C@@H](OP(=O)(O)O[C@H]1CCOC1)[C@H](Cc1ccccc1)OC(N)=O)S(=O)(=O)c1ccc(N)cc1. The van der Waals surface area contributed by atoms with Crippen molar-refractivity contribution in [2.75, 3.05) is 32.0 Å². The second-order valence-corrected chi connectivity index (χ2v) is 13.0. The summed E-state index contributed by atoms with van der Waals surface area (Å²) in [6.07, 6.45) is -4.09. The van der Waals surface area contributed by atoms with Gasteiger partial charge in [-0.2, -0.15) is 4.31 Å². The van der Waals surface area contributed by atoms with Crippen LogP contribution in [0.25, 0.3) is 0 Å². The minimum absolute atomic E-state index is 0.0262. The summed E-state index contributed by atoms with van der Waals surface area (Å²) in [6.45, 7) is 3.71. The fraction of sp³-hybridized carbons (Fsp3) is 0.480. The highest BCUT2D eigenvalue weighted by molar-refractivity contribution is 7.89. The maximum atomic E-state index is 13.7. The molecule has 12 nitrogen and oxygen atoms in total. The first-order valence-corrected chi connectivity index (χ1v) is 15.4. The molecule has 2 aromatic carbocycles. The van der Waals surface area contributed by atoms with Crippen LogP contribution in [0.1, 0.15) is 25.8 Å². The van der Waals surface area contributed by atoms with E-state index in [0.29, 0.717) is 24.3 Å². The molecule has 5 N–H and O–H groups in total. The van der Waals surface area contributed by atoms with Gasteiger partial charge in [0, 0.05) is 31.8 Å². The number of anilines is 1. The number of nitrogens with two attached hydrogens (primary N) is 2. The summed E-state index contributed by atoms with van der Waals surface area (Å²) in [7, 11) is -8.90. The lowest BCUT2D eigenvalue weighted by molar-refractivity contribution is -0.0142. The van der Waals surface area contributed by atoms with Gasteiger partial charge in [0.1, 0.15) is 12.2 Å². The number of sulfonamides is 1. The summed E-state index contributed by atoms with van der Waals surface area (Å²) in [5.74, 6) is -0.133. The number of amides is 1. The Kier molecular flexibility index (Phi) is 10.9. The number of phosphoric ester groups is 1. The van der Waals surface area contributed by atoms with E-state index in [9.17, 15) is 22.7 Å². The van der Waals surface area contributed by atoms with Crippen molar-refractivity contribution in [3.63, 3.8) is 0 Å². The molecule has 0 spiro atoms. The molecule has 4 atom stereocenters. The zero-order valence-electron chi connectivity index (χ0n) is 21.9. The second kappa shape index (κ2) is 13.7. The smallest absolute Gasteiger partial charge is 0.443 e. The third-order valence-electron chi connectivity index (χ3n) is 5.87. The van der Waals surface area contributed by atoms with Crippen LogP contribution in [0.5, 0.6) is 0 Å². The molecule has 1 aliphatic rings. The Balaban J connectivity index is 1.99. The standard InChI is InChI=1S/C25H36N3O9PS/c1-18(2)15-28(39(32,33)22-10-8-20(26)9-11-22)16-24(37-38(30,31)36-21-12-13-34-17-21)23(35-25(27)29)14-19-6-4-3-5-7-19/h3-11,18,21,23-24H,12-17,26H2,1-2H3,(H2,27,29)(H,30,31)/t21-,23-,24+/m0/s1. The maximum Gasteiger partial charge on any atom is 0.472 e. The van der Waals surface area contributed by atoms with Gasteiger partial charge in [-0.1, -0.05) is 44.2 Å². The number of nitrogen functional groups attached to an aromatic ring is 1. The van der Waals surface area contributed by atoms with Crippen molar-refractivity contribution in [3.8, 4) is 0 Å². The Morgan fingerprint density at radius 1 is 1.13 bits per heavy atom. The van der Waals surface area contributed by atoms with Gasteiger partial charge in [0.25, 0.3) is 0 Å². The van der Waals surface area contributed by atoms with Gasteiger partial charge in [-0.3, -0.25) is 9.05 Å². The van der Waals surface area contributed by atoms with E-state index in [1.807, 2.05) is 13.8 Å². The Morgan fingerprint density at radius 2 is 1.79 bits per heavy atom. The predicted molar refractivity (Wildman–Crippen MR) is 144 cm³/mol. The largest absolute Gasteiger partial charge is 0.472 e. The Morgan fingerprint density at radius 3 is 2.36 bits per heavy atom. The van der Waals surface area contributed by atoms with Gasteiger partial charge in [0.15, 0.2) is 0 Å². The highest BCUT2D eigenvalue weighted by atomic mass is 32.2. The second-order valence-electron chi connectivity index (χ2n) is 9.65. The molecule has 14 heteroatoms. The lowest BCUT2D eigenvalue weighted by Crippen LogP contribution is -2.47. The van der Waals surface area contributed by atoms with Crippen LogP contribution in [-0.4, -0.2) is 68.3 Å². The number of nitrogens with zero attached hydrogens (tertiary/aromatic N) is 1. The molecule has 216 valence electrons. The molecule has 0 radical (unpaired) electrons. The lowest BCUT2D eigenvalue weighted by Gasteiger charge is -2.33. The third-order valence-corrected chi connectivity index (χ3v) is 8.82. The van der Waals surface area contributed by atoms with E-state index in [-0.39, 0.29) is 30.4 Å². The van der Waals surface area contributed by atoms with Gasteiger partial charge in [-0.05, 0) is 42.2 Å². The molecule has 39 heavy (non-hydrogen) atoms. The molecule has 1 heterocycles. The number of primary amides is 1. The first-order valence-electron chi connectivity index (χ1n) is 12.5. The Hall–Kier alpha value is -2.51. The summed E-state index contributed by atoms with van der Waals surface area (Å²) < 4.78 is 63.0. The van der Waals surface area contributed by atoms with Crippen LogP contribution in [-0.2, 0) is 39.5 Å². The molecule has 3 rings (SSSR count). The van der Waals surface area contributed by atoms with E-state index in [1.54, 1.807) is 30.3 Å². The molecule has 1 amide bonds. The fourth-order valence-corrected chi connectivity index (χ4v) is 6.86. The van der Waals surface area contributed by atoms with E-state index in [0.717, 1.165) is 4.31 Å². The predicted octanol–water partition coefficient (Wildman–Crippen LogP) is 2.91. The summed E-state index contributed by atoms with van der Waals surface area (Å²) in [6, 6.07) is 14.5. The molecule has 1 fully saturated rings. The van der Waals surface area contributed by atoms with Crippen LogP contribution in [0.4, 0.5) is 10.5 Å². The topological polar surface area (TPSA) is 181 Å². The Labute approximate surface area is 228 Å². The van der Waals surface area contributed by atoms with Crippen molar-refractivity contribution in [3.05, 3.63) is 60.2 Å². The molecule has 1 unspecified atom stereocenters. The number of ether oxygens (including phenoxy) is 2. The molecule has 1 aliphatic heterocycles. The molecular weight excluding hydrogens is 549 g/mol. The van der Waals surface area contributed by atoms with Crippen molar-refractivity contribution in [1.29, 1.82) is 0 Å². The van der Waals surface area contributed by atoms with Gasteiger partial charge < -0.3 is 25.8 Å². The first kappa shape index (κ1) is 31.0. The van der Waals surface area contributed by atoms with Gasteiger partial charge in [0.05, 0.1) is 17.6 Å². The molecule has 0 saturated carbocycles. The number of carbonyl (C=O) groups excluding carboxylic acids is 1. The third kappa shape index (κ3) is 9.57. The zero-order chi connectivity index (χ0) is 28.6. The maximum absolute atomic E-state index is 13.7. The summed E-state index contributed by atoms with van der Waals surface area (Å²) in [5.41, 5.74) is 12.2. The first-order chi connectivity index (χ1) is 18.4. The number of hydrogen-bond acceptors (Lipinski definition) is 9. The average Bonchev–Trinajstić information content (AvgIpc) is 3.35. The van der Waals surface area contributed by atoms with Gasteiger partial charge in [-0.15, -0.1) is 0 Å². The molecule has 1 saturated heterocycles. The molecule has 2 aromatic rings. The van der Waals surface area contributed by atoms with E-state index in [1.165, 1.54) is 24.3 Å². The molecule has 0 aromatic heterocycles. The van der Waals surface area contributed by atoms with Gasteiger partial charge in [-0.25, -0.2) is 17.8 Å². The van der Waals surface area contributed by atoms with E-state index >= 15 is 0 Å². The highest BCUT2D eigenvalue weighted by Gasteiger charge is 2.40.